The molecule has 0 saturated carbocycles. The van der Waals surface area contributed by atoms with Crippen LogP contribution in [-0.2, 0) is 19.9 Å². The van der Waals surface area contributed by atoms with Gasteiger partial charge < -0.3 is 5.32 Å². The van der Waals surface area contributed by atoms with Crippen molar-refractivity contribution < 1.29 is 21.6 Å². The third-order valence-electron chi connectivity index (χ3n) is 5.00. The third-order valence-corrected chi connectivity index (χ3v) is 9.16. The first-order valence-corrected chi connectivity index (χ1v) is 13.4. The first-order valence-electron chi connectivity index (χ1n) is 10.1. The van der Waals surface area contributed by atoms with E-state index in [2.05, 4.69) is 5.32 Å². The van der Waals surface area contributed by atoms with Gasteiger partial charge in [-0.2, -0.15) is 4.31 Å². The molecule has 3 rings (SSSR count). The lowest BCUT2D eigenvalue weighted by Gasteiger charge is -2.19. The number of hydrogen-bond acceptors (Lipinski definition) is 5. The minimum atomic E-state index is -3.77. The van der Waals surface area contributed by atoms with Gasteiger partial charge in [-0.25, -0.2) is 16.8 Å². The summed E-state index contributed by atoms with van der Waals surface area (Å²) in [6, 6.07) is 17.7. The maximum absolute atomic E-state index is 12.8. The second-order valence-electron chi connectivity index (χ2n) is 7.03. The molecule has 10 heteroatoms. The zero-order valence-electron chi connectivity index (χ0n) is 18.0. The van der Waals surface area contributed by atoms with Crippen molar-refractivity contribution in [3.05, 3.63) is 83.4 Å². The van der Waals surface area contributed by atoms with Crippen LogP contribution in [0.1, 0.15) is 24.2 Å². The Balaban J connectivity index is 1.85. The van der Waals surface area contributed by atoms with Crippen LogP contribution >= 0.6 is 11.6 Å². The summed E-state index contributed by atoms with van der Waals surface area (Å²) in [5, 5.41) is 2.72. The average molecular weight is 507 g/mol. The fourth-order valence-electron chi connectivity index (χ4n) is 3.20. The van der Waals surface area contributed by atoms with E-state index in [9.17, 15) is 21.6 Å². The van der Waals surface area contributed by atoms with Crippen LogP contribution in [0.25, 0.3) is 0 Å². The molecule has 0 aliphatic carbocycles. The van der Waals surface area contributed by atoms with Gasteiger partial charge in [0.1, 0.15) is 0 Å². The molecule has 0 aliphatic rings. The van der Waals surface area contributed by atoms with Crippen LogP contribution in [-0.4, -0.2) is 40.1 Å². The lowest BCUT2D eigenvalue weighted by atomic mass is 10.2. The molecule has 0 fully saturated rings. The molecule has 1 N–H and O–H groups in total. The van der Waals surface area contributed by atoms with Gasteiger partial charge in [-0.15, -0.1) is 0 Å². The van der Waals surface area contributed by atoms with Crippen LogP contribution in [0.3, 0.4) is 0 Å². The second kappa shape index (κ2) is 10.0. The zero-order valence-corrected chi connectivity index (χ0v) is 20.4. The van der Waals surface area contributed by atoms with Crippen molar-refractivity contribution in [2.45, 2.75) is 28.5 Å². The standard InChI is InChI=1S/C23H23ClN2O5S2/c1-3-26(4-2)33(30,31)20-14-15-22(24)21(16-20)23(27)25-17-10-12-19(13-11-17)32(28,29)18-8-6-5-7-9-18/h5-16H,3-4H2,1-2H3,(H,25,27). The molecule has 0 unspecified atom stereocenters. The van der Waals surface area contributed by atoms with Gasteiger partial charge in [-0.1, -0.05) is 43.6 Å². The summed E-state index contributed by atoms with van der Waals surface area (Å²) in [5.74, 6) is -0.615. The Labute approximate surface area is 199 Å². The molecular formula is C23H23ClN2O5S2. The van der Waals surface area contributed by atoms with Crippen molar-refractivity contribution in [2.75, 3.05) is 18.4 Å². The molecule has 7 nitrogen and oxygen atoms in total. The summed E-state index contributed by atoms with van der Waals surface area (Å²) in [6.45, 7) is 4.04. The maximum Gasteiger partial charge on any atom is 0.257 e. The molecule has 0 heterocycles. The Hall–Kier alpha value is -2.72. The van der Waals surface area contributed by atoms with E-state index >= 15 is 0 Å². The zero-order chi connectivity index (χ0) is 24.2. The molecule has 1 amide bonds. The highest BCUT2D eigenvalue weighted by atomic mass is 35.5. The molecule has 33 heavy (non-hydrogen) atoms. The number of carbonyl (C=O) groups is 1. The van der Waals surface area contributed by atoms with Crippen LogP contribution in [0.4, 0.5) is 5.69 Å². The quantitative estimate of drug-likeness (QED) is 0.486. The summed E-state index contributed by atoms with van der Waals surface area (Å²) < 4.78 is 52.3. The Morgan fingerprint density at radius 1 is 0.818 bits per heavy atom. The van der Waals surface area contributed by atoms with Crippen molar-refractivity contribution in [2.24, 2.45) is 0 Å². The molecule has 174 valence electrons. The first-order chi connectivity index (χ1) is 15.6. The number of hydrogen-bond donors (Lipinski definition) is 1. The van der Waals surface area contributed by atoms with Gasteiger partial charge in [0, 0.05) is 18.8 Å². The van der Waals surface area contributed by atoms with Crippen molar-refractivity contribution in [1.29, 1.82) is 0 Å². The average Bonchev–Trinajstić information content (AvgIpc) is 2.80. The Morgan fingerprint density at radius 2 is 1.36 bits per heavy atom. The van der Waals surface area contributed by atoms with Gasteiger partial charge in [0.25, 0.3) is 5.91 Å². The smallest absolute Gasteiger partial charge is 0.257 e. The van der Waals surface area contributed by atoms with E-state index in [4.69, 9.17) is 11.6 Å². The number of rotatable bonds is 8. The normalized spacial score (nSPS) is 12.0. The predicted octanol–water partition coefficient (Wildman–Crippen LogP) is 4.46. The Bertz CT molecular complexity index is 1350. The van der Waals surface area contributed by atoms with Crippen molar-refractivity contribution in [1.82, 2.24) is 4.31 Å². The van der Waals surface area contributed by atoms with E-state index in [1.165, 1.54) is 58.9 Å². The molecule has 0 atom stereocenters. The molecule has 0 aromatic heterocycles. The maximum atomic E-state index is 12.8. The Morgan fingerprint density at radius 3 is 1.94 bits per heavy atom. The monoisotopic (exact) mass is 506 g/mol. The van der Waals surface area contributed by atoms with E-state index < -0.39 is 25.8 Å². The Kier molecular flexibility index (Phi) is 7.58. The lowest BCUT2D eigenvalue weighted by Crippen LogP contribution is -2.30. The molecule has 0 radical (unpaired) electrons. The summed E-state index contributed by atoms with van der Waals surface area (Å²) in [4.78, 5) is 13.0. The number of amides is 1. The van der Waals surface area contributed by atoms with E-state index in [1.807, 2.05) is 0 Å². The number of nitrogens with zero attached hydrogens (tertiary/aromatic N) is 1. The van der Waals surface area contributed by atoms with Gasteiger partial charge in [0.15, 0.2) is 0 Å². The van der Waals surface area contributed by atoms with Gasteiger partial charge in [-0.05, 0) is 54.6 Å². The van der Waals surface area contributed by atoms with Gasteiger partial charge in [0.2, 0.25) is 19.9 Å². The number of sulfonamides is 1. The van der Waals surface area contributed by atoms with E-state index in [0.717, 1.165) is 0 Å². The molecule has 3 aromatic carbocycles. The summed E-state index contributed by atoms with van der Waals surface area (Å²) >= 11 is 6.16. The van der Waals surface area contributed by atoms with E-state index in [1.54, 1.807) is 32.0 Å². The summed E-state index contributed by atoms with van der Waals surface area (Å²) in [7, 11) is -7.45. The molecule has 3 aromatic rings. The molecule has 0 aliphatic heterocycles. The predicted molar refractivity (Wildman–Crippen MR) is 128 cm³/mol. The molecule has 0 saturated heterocycles. The topological polar surface area (TPSA) is 101 Å². The first kappa shape index (κ1) is 24.9. The highest BCUT2D eigenvalue weighted by Gasteiger charge is 2.24. The highest BCUT2D eigenvalue weighted by molar-refractivity contribution is 7.91. The number of halogens is 1. The van der Waals surface area contributed by atoms with Crippen LogP contribution < -0.4 is 5.32 Å². The van der Waals surface area contributed by atoms with Gasteiger partial charge in [-0.3, -0.25) is 4.79 Å². The van der Waals surface area contributed by atoms with Crippen LogP contribution in [0.5, 0.6) is 0 Å². The third kappa shape index (κ3) is 5.27. The fraction of sp³-hybridized carbons (Fsp3) is 0.174. The molecule has 0 bridgehead atoms. The highest BCUT2D eigenvalue weighted by Crippen LogP contribution is 2.25. The van der Waals surface area contributed by atoms with E-state index in [-0.39, 0.29) is 25.3 Å². The SMILES string of the molecule is CCN(CC)S(=O)(=O)c1ccc(Cl)c(C(=O)Nc2ccc(S(=O)(=O)c3ccccc3)cc2)c1. The van der Waals surface area contributed by atoms with Gasteiger partial charge in [0.05, 0.1) is 25.3 Å². The number of anilines is 1. The number of sulfone groups is 1. The largest absolute Gasteiger partial charge is 0.322 e. The lowest BCUT2D eigenvalue weighted by molar-refractivity contribution is 0.102. The second-order valence-corrected chi connectivity index (χ2v) is 11.3. The number of carbonyl (C=O) groups excluding carboxylic acids is 1. The van der Waals surface area contributed by atoms with Crippen LogP contribution in [0, 0.1) is 0 Å². The summed E-state index contributed by atoms with van der Waals surface area (Å²) in [5.41, 5.74) is 0.325. The molecular weight excluding hydrogens is 484 g/mol. The summed E-state index contributed by atoms with van der Waals surface area (Å²) in [6.07, 6.45) is 0. The minimum absolute atomic E-state index is 0.00844. The van der Waals surface area contributed by atoms with Crippen LogP contribution in [0.2, 0.25) is 5.02 Å². The van der Waals surface area contributed by atoms with Crippen molar-refractivity contribution in [3.63, 3.8) is 0 Å². The minimum Gasteiger partial charge on any atom is -0.322 e. The molecule has 0 spiro atoms. The fourth-order valence-corrected chi connectivity index (χ4v) is 6.17. The van der Waals surface area contributed by atoms with Crippen molar-refractivity contribution in [3.8, 4) is 0 Å². The van der Waals surface area contributed by atoms with Crippen molar-refractivity contribution >= 4 is 43.1 Å². The van der Waals surface area contributed by atoms with Gasteiger partial charge >= 0.3 is 0 Å². The number of nitrogens with one attached hydrogen (secondary N) is 1. The van der Waals surface area contributed by atoms with E-state index in [0.29, 0.717) is 18.8 Å². The van der Waals surface area contributed by atoms with Crippen LogP contribution in [0.15, 0.2) is 87.5 Å². The number of benzene rings is 3.